The zero-order valence-electron chi connectivity index (χ0n) is 6.64. The van der Waals surface area contributed by atoms with Crippen LogP contribution in [0.1, 0.15) is 5.69 Å². The van der Waals surface area contributed by atoms with E-state index in [1.54, 1.807) is 12.1 Å². The third-order valence-electron chi connectivity index (χ3n) is 1.43. The second-order valence-electron chi connectivity index (χ2n) is 2.50. The van der Waals surface area contributed by atoms with E-state index < -0.39 is 12.0 Å². The molecule has 1 rings (SSSR count). The van der Waals surface area contributed by atoms with Gasteiger partial charge in [-0.15, -0.1) is 5.10 Å². The van der Waals surface area contributed by atoms with Gasteiger partial charge in [0.15, 0.2) is 5.15 Å². The van der Waals surface area contributed by atoms with E-state index in [4.69, 9.17) is 22.4 Å². The molecule has 0 radical (unpaired) electrons. The van der Waals surface area contributed by atoms with Crippen LogP contribution < -0.4 is 5.73 Å². The van der Waals surface area contributed by atoms with Gasteiger partial charge in [0.2, 0.25) is 0 Å². The first-order chi connectivity index (χ1) is 6.09. The summed E-state index contributed by atoms with van der Waals surface area (Å²) in [5.41, 5.74) is 5.80. The third-order valence-corrected chi connectivity index (χ3v) is 1.64. The molecule has 1 heterocycles. The fraction of sp³-hybridized carbons (Fsp3) is 0.286. The minimum Gasteiger partial charge on any atom is -0.480 e. The Bertz CT molecular complexity index is 301. The Labute approximate surface area is 79.5 Å². The summed E-state index contributed by atoms with van der Waals surface area (Å²) in [7, 11) is 0. The molecule has 0 fully saturated rings. The average Bonchev–Trinajstić information content (AvgIpc) is 2.08. The standard InChI is InChI=1S/C7H8ClN3O2/c8-6-2-1-4(10-11-6)3-5(9)7(12)13/h1-2,5H,3,9H2,(H,12,13)/t5-/m1/s1. The molecule has 0 spiro atoms. The molecule has 0 unspecified atom stereocenters. The average molecular weight is 202 g/mol. The molecule has 0 bridgehead atoms. The van der Waals surface area contributed by atoms with Crippen LogP contribution in [0.5, 0.6) is 0 Å². The Kier molecular flexibility index (Phi) is 3.16. The van der Waals surface area contributed by atoms with Gasteiger partial charge in [0, 0.05) is 6.42 Å². The predicted octanol–water partition coefficient (Wildman–Crippen LogP) is 0.0844. The monoisotopic (exact) mass is 201 g/mol. The van der Waals surface area contributed by atoms with E-state index in [9.17, 15) is 4.79 Å². The number of carbonyl (C=O) groups is 1. The summed E-state index contributed by atoms with van der Waals surface area (Å²) in [4.78, 5) is 10.4. The molecule has 0 aliphatic rings. The van der Waals surface area contributed by atoms with Crippen LogP contribution in [-0.2, 0) is 11.2 Å². The fourth-order valence-electron chi connectivity index (χ4n) is 0.765. The molecule has 6 heteroatoms. The lowest BCUT2D eigenvalue weighted by Gasteiger charge is -2.03. The minimum atomic E-state index is -1.06. The van der Waals surface area contributed by atoms with Gasteiger partial charge in [-0.25, -0.2) is 0 Å². The van der Waals surface area contributed by atoms with Gasteiger partial charge >= 0.3 is 5.97 Å². The van der Waals surface area contributed by atoms with Crippen LogP contribution in [0.2, 0.25) is 5.15 Å². The molecule has 1 aromatic rings. The first kappa shape index (κ1) is 9.88. The number of aromatic nitrogens is 2. The molecule has 13 heavy (non-hydrogen) atoms. The van der Waals surface area contributed by atoms with Crippen LogP contribution >= 0.6 is 11.6 Å². The zero-order chi connectivity index (χ0) is 9.84. The number of nitrogens with zero attached hydrogens (tertiary/aromatic N) is 2. The van der Waals surface area contributed by atoms with Gasteiger partial charge in [0.05, 0.1) is 5.69 Å². The third kappa shape index (κ3) is 2.96. The maximum atomic E-state index is 10.4. The smallest absolute Gasteiger partial charge is 0.320 e. The maximum Gasteiger partial charge on any atom is 0.320 e. The van der Waals surface area contributed by atoms with E-state index in [2.05, 4.69) is 10.2 Å². The zero-order valence-corrected chi connectivity index (χ0v) is 7.40. The highest BCUT2D eigenvalue weighted by molar-refractivity contribution is 6.29. The lowest BCUT2D eigenvalue weighted by molar-refractivity contribution is -0.138. The van der Waals surface area contributed by atoms with E-state index in [0.717, 1.165) is 0 Å². The molecular formula is C7H8ClN3O2. The summed E-state index contributed by atoms with van der Waals surface area (Å²) in [6, 6.07) is 2.19. The first-order valence-electron chi connectivity index (χ1n) is 3.56. The summed E-state index contributed by atoms with van der Waals surface area (Å²) in [5, 5.41) is 16.0. The normalized spacial score (nSPS) is 12.5. The van der Waals surface area contributed by atoms with Gasteiger partial charge in [-0.2, -0.15) is 5.10 Å². The summed E-state index contributed by atoms with van der Waals surface area (Å²) >= 11 is 5.49. The Balaban J connectivity index is 2.64. The van der Waals surface area contributed by atoms with E-state index in [0.29, 0.717) is 5.69 Å². The van der Waals surface area contributed by atoms with Crippen LogP contribution in [-0.4, -0.2) is 27.3 Å². The molecule has 0 aromatic carbocycles. The van der Waals surface area contributed by atoms with Crippen LogP contribution in [0, 0.1) is 0 Å². The molecule has 3 N–H and O–H groups in total. The van der Waals surface area contributed by atoms with Crippen molar-refractivity contribution in [3.8, 4) is 0 Å². The number of aliphatic carboxylic acids is 1. The van der Waals surface area contributed by atoms with Crippen molar-refractivity contribution in [3.05, 3.63) is 23.0 Å². The van der Waals surface area contributed by atoms with Gasteiger partial charge < -0.3 is 10.8 Å². The number of nitrogens with two attached hydrogens (primary N) is 1. The highest BCUT2D eigenvalue weighted by atomic mass is 35.5. The molecule has 0 aliphatic heterocycles. The van der Waals surface area contributed by atoms with Crippen LogP contribution in [0.4, 0.5) is 0 Å². The highest BCUT2D eigenvalue weighted by Gasteiger charge is 2.12. The highest BCUT2D eigenvalue weighted by Crippen LogP contribution is 2.03. The second-order valence-corrected chi connectivity index (χ2v) is 2.88. The largest absolute Gasteiger partial charge is 0.480 e. The summed E-state index contributed by atoms with van der Waals surface area (Å²) in [6.45, 7) is 0. The van der Waals surface area contributed by atoms with Crippen molar-refractivity contribution in [1.82, 2.24) is 10.2 Å². The lowest BCUT2D eigenvalue weighted by atomic mass is 10.2. The van der Waals surface area contributed by atoms with Crippen molar-refractivity contribution in [3.63, 3.8) is 0 Å². The van der Waals surface area contributed by atoms with Gasteiger partial charge in [-0.05, 0) is 12.1 Å². The Morgan fingerprint density at radius 1 is 1.62 bits per heavy atom. The Morgan fingerprint density at radius 3 is 2.77 bits per heavy atom. The van der Waals surface area contributed by atoms with Crippen molar-refractivity contribution in [1.29, 1.82) is 0 Å². The molecule has 70 valence electrons. The van der Waals surface area contributed by atoms with E-state index in [1.165, 1.54) is 0 Å². The van der Waals surface area contributed by atoms with Gasteiger partial charge in [0.25, 0.3) is 0 Å². The fourth-order valence-corrected chi connectivity index (χ4v) is 0.866. The first-order valence-corrected chi connectivity index (χ1v) is 3.94. The SMILES string of the molecule is N[C@H](Cc1ccc(Cl)nn1)C(=O)O. The Morgan fingerprint density at radius 2 is 2.31 bits per heavy atom. The van der Waals surface area contributed by atoms with Crippen molar-refractivity contribution in [2.45, 2.75) is 12.5 Å². The number of halogens is 1. The molecule has 0 aliphatic carbocycles. The number of carboxylic acids is 1. The number of carboxylic acid groups (broad SMARTS) is 1. The van der Waals surface area contributed by atoms with E-state index in [1.807, 2.05) is 0 Å². The quantitative estimate of drug-likeness (QED) is 0.723. The molecule has 1 atom stereocenters. The number of hydrogen-bond donors (Lipinski definition) is 2. The predicted molar refractivity (Wildman–Crippen MR) is 46.4 cm³/mol. The summed E-state index contributed by atoms with van der Waals surface area (Å²) < 4.78 is 0. The molecule has 0 amide bonds. The Hall–Kier alpha value is -1.20. The van der Waals surface area contributed by atoms with Crippen LogP contribution in [0.15, 0.2) is 12.1 Å². The minimum absolute atomic E-state index is 0.152. The van der Waals surface area contributed by atoms with E-state index >= 15 is 0 Å². The topological polar surface area (TPSA) is 89.1 Å². The van der Waals surface area contributed by atoms with Gasteiger partial charge in [-0.3, -0.25) is 4.79 Å². The summed E-state index contributed by atoms with van der Waals surface area (Å²) in [5.74, 6) is -1.06. The molecular weight excluding hydrogens is 194 g/mol. The lowest BCUT2D eigenvalue weighted by Crippen LogP contribution is -2.32. The van der Waals surface area contributed by atoms with Gasteiger partial charge in [0.1, 0.15) is 6.04 Å². The molecule has 0 saturated heterocycles. The van der Waals surface area contributed by atoms with Crippen LogP contribution in [0.25, 0.3) is 0 Å². The number of rotatable bonds is 3. The van der Waals surface area contributed by atoms with Crippen molar-refractivity contribution in [2.24, 2.45) is 5.73 Å². The molecule has 5 nitrogen and oxygen atoms in total. The summed E-state index contributed by atoms with van der Waals surface area (Å²) in [6.07, 6.45) is 0.152. The van der Waals surface area contributed by atoms with E-state index in [-0.39, 0.29) is 11.6 Å². The molecule has 1 aromatic heterocycles. The van der Waals surface area contributed by atoms with Gasteiger partial charge in [-0.1, -0.05) is 11.6 Å². The van der Waals surface area contributed by atoms with Crippen molar-refractivity contribution < 1.29 is 9.90 Å². The maximum absolute atomic E-state index is 10.4. The van der Waals surface area contributed by atoms with Crippen molar-refractivity contribution >= 4 is 17.6 Å². The molecule has 0 saturated carbocycles. The second kappa shape index (κ2) is 4.15. The van der Waals surface area contributed by atoms with Crippen LogP contribution in [0.3, 0.4) is 0 Å². The number of hydrogen-bond acceptors (Lipinski definition) is 4. The van der Waals surface area contributed by atoms with Crippen molar-refractivity contribution in [2.75, 3.05) is 0 Å².